The molecule has 2 unspecified atom stereocenters. The second-order valence-electron chi connectivity index (χ2n) is 6.56. The maximum atomic E-state index is 12.7. The molecular formula is C17H26N2O3S. The van der Waals surface area contributed by atoms with E-state index in [1.54, 1.807) is 12.1 Å². The number of rotatable bonds is 4. The Kier molecular flexibility index (Phi) is 5.47. The van der Waals surface area contributed by atoms with Crippen molar-refractivity contribution in [3.63, 3.8) is 0 Å². The van der Waals surface area contributed by atoms with Crippen LogP contribution in [0.5, 0.6) is 0 Å². The van der Waals surface area contributed by atoms with Crippen molar-refractivity contribution in [3.8, 4) is 0 Å². The lowest BCUT2D eigenvalue weighted by Crippen LogP contribution is -2.42. The first kappa shape index (κ1) is 17.9. The lowest BCUT2D eigenvalue weighted by molar-refractivity contribution is 0.0629. The summed E-state index contributed by atoms with van der Waals surface area (Å²) in [6.45, 7) is 2.19. The summed E-state index contributed by atoms with van der Waals surface area (Å²) in [6, 6.07) is 6.47. The minimum atomic E-state index is -3.46. The fourth-order valence-electron chi connectivity index (χ4n) is 3.21. The topological polar surface area (TPSA) is 57.7 Å². The summed E-state index contributed by atoms with van der Waals surface area (Å²) in [5, 5.41) is 0. The number of carbonyl (C=O) groups excluding carboxylic acids is 1. The summed E-state index contributed by atoms with van der Waals surface area (Å²) in [7, 11) is 1.37. The Labute approximate surface area is 139 Å². The minimum absolute atomic E-state index is 0.0439. The molecule has 1 aliphatic carbocycles. The van der Waals surface area contributed by atoms with Crippen molar-refractivity contribution in [2.24, 2.45) is 5.92 Å². The number of sulfonamides is 1. The molecule has 6 heteroatoms. The molecule has 5 nitrogen and oxygen atoms in total. The first-order chi connectivity index (χ1) is 10.7. The number of benzene rings is 1. The molecule has 0 N–H and O–H groups in total. The van der Waals surface area contributed by atoms with E-state index in [4.69, 9.17) is 0 Å². The van der Waals surface area contributed by atoms with Crippen LogP contribution in [-0.2, 0) is 10.0 Å². The van der Waals surface area contributed by atoms with Gasteiger partial charge < -0.3 is 4.90 Å². The standard InChI is InChI=1S/C17H26N2O3S/c1-13-7-5-6-8-16(13)19(4)17(20)14-9-11-15(12-10-14)23(21,22)18(2)3/h9-13,16H,5-8H2,1-4H3. The van der Waals surface area contributed by atoms with Crippen LogP contribution in [0, 0.1) is 5.92 Å². The van der Waals surface area contributed by atoms with Crippen LogP contribution in [0.3, 0.4) is 0 Å². The highest BCUT2D eigenvalue weighted by atomic mass is 32.2. The average Bonchev–Trinajstić information content (AvgIpc) is 2.54. The van der Waals surface area contributed by atoms with Gasteiger partial charge in [-0.15, -0.1) is 0 Å². The normalized spacial score (nSPS) is 22.1. The number of amides is 1. The molecule has 0 aromatic heterocycles. The van der Waals surface area contributed by atoms with E-state index in [0.717, 1.165) is 19.3 Å². The first-order valence-electron chi connectivity index (χ1n) is 8.05. The maximum Gasteiger partial charge on any atom is 0.253 e. The summed E-state index contributed by atoms with van der Waals surface area (Å²) in [5.41, 5.74) is 0.531. The molecule has 2 atom stereocenters. The lowest BCUT2D eigenvalue weighted by Gasteiger charge is -2.36. The smallest absolute Gasteiger partial charge is 0.253 e. The van der Waals surface area contributed by atoms with E-state index in [2.05, 4.69) is 6.92 Å². The maximum absolute atomic E-state index is 12.7. The van der Waals surface area contributed by atoms with Crippen molar-refractivity contribution in [1.82, 2.24) is 9.21 Å². The van der Waals surface area contributed by atoms with Crippen molar-refractivity contribution in [3.05, 3.63) is 29.8 Å². The largest absolute Gasteiger partial charge is 0.338 e. The number of carbonyl (C=O) groups is 1. The summed E-state index contributed by atoms with van der Waals surface area (Å²) >= 11 is 0. The van der Waals surface area contributed by atoms with Crippen LogP contribution in [0.2, 0.25) is 0 Å². The van der Waals surface area contributed by atoms with E-state index in [1.165, 1.54) is 37.0 Å². The van der Waals surface area contributed by atoms with Crippen LogP contribution in [0.25, 0.3) is 0 Å². The predicted octanol–water partition coefficient (Wildman–Crippen LogP) is 2.59. The van der Waals surface area contributed by atoms with E-state index < -0.39 is 10.0 Å². The molecule has 1 aromatic carbocycles. The molecule has 128 valence electrons. The Morgan fingerprint density at radius 1 is 1.04 bits per heavy atom. The summed E-state index contributed by atoms with van der Waals surface area (Å²) in [4.78, 5) is 14.7. The third-order valence-corrected chi connectivity index (χ3v) is 6.59. The third-order valence-electron chi connectivity index (χ3n) is 4.76. The Hall–Kier alpha value is -1.40. The fraction of sp³-hybridized carbons (Fsp3) is 0.588. The fourth-order valence-corrected chi connectivity index (χ4v) is 4.11. The highest BCUT2D eigenvalue weighted by Crippen LogP contribution is 2.28. The van der Waals surface area contributed by atoms with Gasteiger partial charge in [-0.25, -0.2) is 12.7 Å². The summed E-state index contributed by atoms with van der Waals surface area (Å²) < 4.78 is 25.3. The van der Waals surface area contributed by atoms with E-state index in [0.29, 0.717) is 11.5 Å². The van der Waals surface area contributed by atoms with Gasteiger partial charge in [-0.1, -0.05) is 19.8 Å². The molecule has 1 amide bonds. The number of hydrogen-bond donors (Lipinski definition) is 0. The van der Waals surface area contributed by atoms with Crippen LogP contribution in [0.1, 0.15) is 43.0 Å². The van der Waals surface area contributed by atoms with Gasteiger partial charge in [0.1, 0.15) is 0 Å². The Balaban J connectivity index is 2.17. The second-order valence-corrected chi connectivity index (χ2v) is 8.71. The molecular weight excluding hydrogens is 312 g/mol. The Morgan fingerprint density at radius 2 is 1.61 bits per heavy atom. The highest BCUT2D eigenvalue weighted by molar-refractivity contribution is 7.89. The zero-order chi connectivity index (χ0) is 17.2. The van der Waals surface area contributed by atoms with Crippen molar-refractivity contribution < 1.29 is 13.2 Å². The van der Waals surface area contributed by atoms with Crippen molar-refractivity contribution >= 4 is 15.9 Å². The molecule has 1 aromatic rings. The number of nitrogens with zero attached hydrogens (tertiary/aromatic N) is 2. The van der Waals surface area contributed by atoms with Crippen LogP contribution in [0.15, 0.2) is 29.2 Å². The van der Waals surface area contributed by atoms with Crippen LogP contribution >= 0.6 is 0 Å². The van der Waals surface area contributed by atoms with E-state index >= 15 is 0 Å². The predicted molar refractivity (Wildman–Crippen MR) is 90.8 cm³/mol. The van der Waals surface area contributed by atoms with Crippen LogP contribution in [0.4, 0.5) is 0 Å². The number of hydrogen-bond acceptors (Lipinski definition) is 3. The van der Waals surface area contributed by atoms with Gasteiger partial charge in [0.2, 0.25) is 10.0 Å². The van der Waals surface area contributed by atoms with Gasteiger partial charge in [-0.2, -0.15) is 0 Å². The Bertz CT molecular complexity index is 653. The van der Waals surface area contributed by atoms with Gasteiger partial charge in [0, 0.05) is 32.7 Å². The lowest BCUT2D eigenvalue weighted by atomic mass is 9.85. The molecule has 1 aliphatic rings. The van der Waals surface area contributed by atoms with Crippen molar-refractivity contribution in [1.29, 1.82) is 0 Å². The second kappa shape index (κ2) is 7.01. The van der Waals surface area contributed by atoms with Gasteiger partial charge in [-0.3, -0.25) is 4.79 Å². The molecule has 23 heavy (non-hydrogen) atoms. The molecule has 0 bridgehead atoms. The molecule has 0 aliphatic heterocycles. The summed E-state index contributed by atoms with van der Waals surface area (Å²) in [6.07, 6.45) is 4.59. The van der Waals surface area contributed by atoms with E-state index in [9.17, 15) is 13.2 Å². The minimum Gasteiger partial charge on any atom is -0.338 e. The van der Waals surface area contributed by atoms with Crippen LogP contribution in [-0.4, -0.2) is 50.7 Å². The highest BCUT2D eigenvalue weighted by Gasteiger charge is 2.28. The zero-order valence-corrected chi connectivity index (χ0v) is 15.1. The van der Waals surface area contributed by atoms with E-state index in [-0.39, 0.29) is 16.8 Å². The van der Waals surface area contributed by atoms with Crippen LogP contribution < -0.4 is 0 Å². The van der Waals surface area contributed by atoms with Gasteiger partial charge in [0.25, 0.3) is 5.91 Å². The zero-order valence-electron chi connectivity index (χ0n) is 14.3. The van der Waals surface area contributed by atoms with Crippen molar-refractivity contribution in [2.75, 3.05) is 21.1 Å². The van der Waals surface area contributed by atoms with Crippen molar-refractivity contribution in [2.45, 2.75) is 43.5 Å². The van der Waals surface area contributed by atoms with Gasteiger partial charge in [0.15, 0.2) is 0 Å². The Morgan fingerprint density at radius 3 is 2.13 bits per heavy atom. The molecule has 1 fully saturated rings. The molecule has 0 heterocycles. The third kappa shape index (κ3) is 3.75. The molecule has 0 spiro atoms. The van der Waals surface area contributed by atoms with Gasteiger partial charge in [0.05, 0.1) is 4.90 Å². The SMILES string of the molecule is CC1CCCCC1N(C)C(=O)c1ccc(S(=O)(=O)N(C)C)cc1. The van der Waals surface area contributed by atoms with Gasteiger partial charge >= 0.3 is 0 Å². The quantitative estimate of drug-likeness (QED) is 0.848. The van der Waals surface area contributed by atoms with Gasteiger partial charge in [-0.05, 0) is 43.0 Å². The molecule has 0 radical (unpaired) electrons. The molecule has 1 saturated carbocycles. The average molecular weight is 338 g/mol. The first-order valence-corrected chi connectivity index (χ1v) is 9.49. The van der Waals surface area contributed by atoms with E-state index in [1.807, 2.05) is 11.9 Å². The summed E-state index contributed by atoms with van der Waals surface area (Å²) in [5.74, 6) is 0.462. The molecule has 2 rings (SSSR count). The monoisotopic (exact) mass is 338 g/mol. The molecule has 0 saturated heterocycles.